The van der Waals surface area contributed by atoms with Crippen LogP contribution in [0.5, 0.6) is 0 Å². The molecule has 0 radical (unpaired) electrons. The van der Waals surface area contributed by atoms with E-state index in [0.717, 1.165) is 11.3 Å². The lowest BCUT2D eigenvalue weighted by molar-refractivity contribution is -0.140. The van der Waals surface area contributed by atoms with Crippen molar-refractivity contribution in [2.75, 3.05) is 6.61 Å². The third kappa shape index (κ3) is 3.60. The molecule has 0 aliphatic heterocycles. The molecule has 0 spiro atoms. The van der Waals surface area contributed by atoms with E-state index in [1.165, 1.54) is 6.92 Å². The Morgan fingerprint density at radius 1 is 1.69 bits per heavy atom. The van der Waals surface area contributed by atoms with Crippen molar-refractivity contribution in [3.63, 3.8) is 0 Å². The molecule has 0 N–H and O–H groups in total. The molecule has 0 aliphatic rings. The molecule has 3 heteroatoms. The minimum atomic E-state index is -0.291. The number of carbonyl (C=O) groups excluding carboxylic acids is 1. The Balaban J connectivity index is 2.30. The van der Waals surface area contributed by atoms with E-state index in [4.69, 9.17) is 9.15 Å². The van der Waals surface area contributed by atoms with Crippen LogP contribution in [0.2, 0.25) is 0 Å². The van der Waals surface area contributed by atoms with E-state index < -0.39 is 0 Å². The number of esters is 1. The second kappa shape index (κ2) is 4.50. The molecule has 1 aromatic rings. The summed E-state index contributed by atoms with van der Waals surface area (Å²) in [6.45, 7) is 5.40. The maximum atomic E-state index is 10.5. The van der Waals surface area contributed by atoms with Gasteiger partial charge in [0.15, 0.2) is 0 Å². The van der Waals surface area contributed by atoms with E-state index in [2.05, 4.69) is 6.58 Å². The van der Waals surface area contributed by atoms with E-state index in [1.807, 2.05) is 12.1 Å². The van der Waals surface area contributed by atoms with Crippen molar-refractivity contribution in [2.24, 2.45) is 0 Å². The van der Waals surface area contributed by atoms with Gasteiger partial charge in [0.1, 0.15) is 12.4 Å². The van der Waals surface area contributed by atoms with Gasteiger partial charge in [0.2, 0.25) is 0 Å². The lowest BCUT2D eigenvalue weighted by Crippen LogP contribution is -2.03. The zero-order chi connectivity index (χ0) is 9.68. The summed E-state index contributed by atoms with van der Waals surface area (Å²) in [7, 11) is 0. The van der Waals surface area contributed by atoms with Gasteiger partial charge in [0.25, 0.3) is 0 Å². The molecule has 0 unspecified atom stereocenters. The summed E-state index contributed by atoms with van der Waals surface area (Å²) >= 11 is 0. The van der Waals surface area contributed by atoms with Crippen LogP contribution in [0, 0.1) is 0 Å². The highest BCUT2D eigenvalue weighted by molar-refractivity contribution is 5.66. The minimum Gasteiger partial charge on any atom is -0.469 e. The van der Waals surface area contributed by atoms with Gasteiger partial charge in [-0.2, -0.15) is 0 Å². The quantitative estimate of drug-likeness (QED) is 0.525. The summed E-state index contributed by atoms with van der Waals surface area (Å²) in [4.78, 5) is 10.5. The third-order valence-corrected chi connectivity index (χ3v) is 1.48. The smallest absolute Gasteiger partial charge is 0.302 e. The molecular weight excluding hydrogens is 168 g/mol. The molecule has 0 saturated heterocycles. The Morgan fingerprint density at radius 3 is 3.00 bits per heavy atom. The molecule has 0 aromatic carbocycles. The molecule has 0 fully saturated rings. The summed E-state index contributed by atoms with van der Waals surface area (Å²) in [5.74, 6) is 0.540. The number of hydrogen-bond acceptors (Lipinski definition) is 3. The molecule has 1 heterocycles. The topological polar surface area (TPSA) is 39.4 Å². The molecular formula is C10H12O3. The first-order chi connectivity index (χ1) is 6.18. The summed E-state index contributed by atoms with van der Waals surface area (Å²) < 4.78 is 9.88. The number of furan rings is 1. The summed E-state index contributed by atoms with van der Waals surface area (Å²) in [5.41, 5.74) is 0.824. The molecule has 3 nitrogen and oxygen atoms in total. The van der Waals surface area contributed by atoms with Crippen molar-refractivity contribution < 1.29 is 13.9 Å². The van der Waals surface area contributed by atoms with Crippen LogP contribution in [0.1, 0.15) is 12.7 Å². The Labute approximate surface area is 77.0 Å². The van der Waals surface area contributed by atoms with Gasteiger partial charge in [-0.1, -0.05) is 6.58 Å². The highest BCUT2D eigenvalue weighted by Crippen LogP contribution is 2.07. The van der Waals surface area contributed by atoms with E-state index in [-0.39, 0.29) is 12.6 Å². The maximum Gasteiger partial charge on any atom is 0.302 e. The molecule has 70 valence electrons. The van der Waals surface area contributed by atoms with E-state index >= 15 is 0 Å². The Bertz CT molecular complexity index is 285. The van der Waals surface area contributed by atoms with Crippen molar-refractivity contribution in [1.82, 2.24) is 0 Å². The molecule has 1 aromatic heterocycles. The van der Waals surface area contributed by atoms with Gasteiger partial charge in [0.05, 0.1) is 6.26 Å². The van der Waals surface area contributed by atoms with Crippen LogP contribution in [-0.4, -0.2) is 12.6 Å². The predicted molar refractivity (Wildman–Crippen MR) is 48.2 cm³/mol. The summed E-state index contributed by atoms with van der Waals surface area (Å²) in [5, 5.41) is 0. The van der Waals surface area contributed by atoms with Gasteiger partial charge in [-0.25, -0.2) is 0 Å². The van der Waals surface area contributed by atoms with Gasteiger partial charge < -0.3 is 9.15 Å². The monoisotopic (exact) mass is 180 g/mol. The van der Waals surface area contributed by atoms with Crippen LogP contribution in [0.25, 0.3) is 0 Å². The van der Waals surface area contributed by atoms with Crippen LogP contribution in [0.4, 0.5) is 0 Å². The molecule has 1 rings (SSSR count). The van der Waals surface area contributed by atoms with Crippen molar-refractivity contribution >= 4 is 5.97 Å². The number of carbonyl (C=O) groups is 1. The van der Waals surface area contributed by atoms with Gasteiger partial charge in [-0.3, -0.25) is 4.79 Å². The molecule has 0 bridgehead atoms. The first-order valence-electron chi connectivity index (χ1n) is 4.01. The Morgan fingerprint density at radius 2 is 2.46 bits per heavy atom. The molecule has 0 saturated carbocycles. The minimum absolute atomic E-state index is 0.260. The average molecular weight is 180 g/mol. The fourth-order valence-corrected chi connectivity index (χ4v) is 0.914. The van der Waals surface area contributed by atoms with Crippen molar-refractivity contribution in [1.29, 1.82) is 0 Å². The SMILES string of the molecule is C=C(COC(C)=O)Cc1ccco1. The zero-order valence-corrected chi connectivity index (χ0v) is 7.58. The number of hydrogen-bond donors (Lipinski definition) is 0. The van der Waals surface area contributed by atoms with Gasteiger partial charge >= 0.3 is 5.97 Å². The van der Waals surface area contributed by atoms with Crippen LogP contribution in [-0.2, 0) is 16.0 Å². The van der Waals surface area contributed by atoms with Crippen molar-refractivity contribution in [3.8, 4) is 0 Å². The first-order valence-corrected chi connectivity index (χ1v) is 4.01. The second-order valence-electron chi connectivity index (χ2n) is 2.79. The summed E-state index contributed by atoms with van der Waals surface area (Å²) in [6.07, 6.45) is 2.22. The van der Waals surface area contributed by atoms with Crippen LogP contribution in [0.15, 0.2) is 35.0 Å². The van der Waals surface area contributed by atoms with Crippen LogP contribution in [0.3, 0.4) is 0 Å². The zero-order valence-electron chi connectivity index (χ0n) is 7.58. The van der Waals surface area contributed by atoms with Crippen molar-refractivity contribution in [2.45, 2.75) is 13.3 Å². The standard InChI is InChI=1S/C10H12O3/c1-8(7-13-9(2)11)6-10-4-3-5-12-10/h3-5H,1,6-7H2,2H3. The lowest BCUT2D eigenvalue weighted by atomic mass is 10.2. The van der Waals surface area contributed by atoms with Gasteiger partial charge in [-0.15, -0.1) is 0 Å². The molecule has 0 aliphatic carbocycles. The van der Waals surface area contributed by atoms with E-state index in [1.54, 1.807) is 6.26 Å². The molecule has 13 heavy (non-hydrogen) atoms. The fraction of sp³-hybridized carbons (Fsp3) is 0.300. The van der Waals surface area contributed by atoms with E-state index in [0.29, 0.717) is 6.42 Å². The first kappa shape index (κ1) is 9.58. The predicted octanol–water partition coefficient (Wildman–Crippen LogP) is 1.94. The fourth-order valence-electron chi connectivity index (χ4n) is 0.914. The average Bonchev–Trinajstić information content (AvgIpc) is 2.53. The summed E-state index contributed by atoms with van der Waals surface area (Å²) in [6, 6.07) is 3.67. The highest BCUT2D eigenvalue weighted by Gasteiger charge is 2.01. The number of ether oxygens (including phenoxy) is 1. The third-order valence-electron chi connectivity index (χ3n) is 1.48. The van der Waals surface area contributed by atoms with Gasteiger partial charge in [-0.05, 0) is 17.7 Å². The van der Waals surface area contributed by atoms with E-state index in [9.17, 15) is 4.79 Å². The van der Waals surface area contributed by atoms with Gasteiger partial charge in [0, 0.05) is 13.3 Å². The van der Waals surface area contributed by atoms with Crippen molar-refractivity contribution in [3.05, 3.63) is 36.3 Å². The molecule has 0 amide bonds. The largest absolute Gasteiger partial charge is 0.469 e. The maximum absolute atomic E-state index is 10.5. The lowest BCUT2D eigenvalue weighted by Gasteiger charge is -2.03. The Hall–Kier alpha value is -1.51. The molecule has 0 atom stereocenters. The normalized spacial score (nSPS) is 9.62. The number of rotatable bonds is 4. The highest BCUT2D eigenvalue weighted by atomic mass is 16.5. The Kier molecular flexibility index (Phi) is 3.31. The second-order valence-corrected chi connectivity index (χ2v) is 2.79. The van der Waals surface area contributed by atoms with Crippen LogP contribution >= 0.6 is 0 Å². The van der Waals surface area contributed by atoms with Crippen LogP contribution < -0.4 is 0 Å².